The number of hydrogen-bond donors (Lipinski definition) is 5. The summed E-state index contributed by atoms with van der Waals surface area (Å²) < 4.78 is 0. The van der Waals surface area contributed by atoms with Crippen molar-refractivity contribution in [2.75, 3.05) is 13.1 Å². The third kappa shape index (κ3) is 4.96. The van der Waals surface area contributed by atoms with E-state index in [1.54, 1.807) is 0 Å². The fraction of sp³-hybridized carbons (Fsp3) is 0.842. The van der Waals surface area contributed by atoms with Crippen molar-refractivity contribution in [3.05, 3.63) is 0 Å². The first kappa shape index (κ1) is 21.3. The normalized spacial score (nSPS) is 30.0. The molecule has 2 saturated carbocycles. The number of halogens is 1. The second-order valence-corrected chi connectivity index (χ2v) is 8.82. The Kier molecular flexibility index (Phi) is 6.51. The molecular formula is C19H31ClN4O4. The van der Waals surface area contributed by atoms with E-state index in [-0.39, 0.29) is 48.6 Å². The number of carbonyl (C=O) groups is 3. The lowest BCUT2D eigenvalue weighted by Crippen LogP contribution is -2.57. The minimum absolute atomic E-state index is 0. The van der Waals surface area contributed by atoms with E-state index in [1.165, 1.54) is 12.8 Å². The van der Waals surface area contributed by atoms with Gasteiger partial charge in [-0.15, -0.1) is 12.4 Å². The number of aliphatic hydroxyl groups is 1. The lowest BCUT2D eigenvalue weighted by Gasteiger charge is -2.32. The van der Waals surface area contributed by atoms with Gasteiger partial charge in [0.1, 0.15) is 0 Å². The minimum atomic E-state index is -1.35. The summed E-state index contributed by atoms with van der Waals surface area (Å²) in [5, 5.41) is 22.3. The molecule has 1 spiro atoms. The van der Waals surface area contributed by atoms with Crippen molar-refractivity contribution in [3.8, 4) is 0 Å². The van der Waals surface area contributed by atoms with Gasteiger partial charge >= 0.3 is 0 Å². The second-order valence-electron chi connectivity index (χ2n) is 8.82. The van der Waals surface area contributed by atoms with Gasteiger partial charge in [-0.2, -0.15) is 0 Å². The third-order valence-corrected chi connectivity index (χ3v) is 6.56. The highest BCUT2D eigenvalue weighted by molar-refractivity contribution is 5.86. The highest BCUT2D eigenvalue weighted by atomic mass is 35.5. The summed E-state index contributed by atoms with van der Waals surface area (Å²) >= 11 is 0. The fourth-order valence-corrected chi connectivity index (χ4v) is 4.36. The molecule has 2 saturated heterocycles. The van der Waals surface area contributed by atoms with Crippen LogP contribution in [0.5, 0.6) is 0 Å². The Morgan fingerprint density at radius 3 is 2.54 bits per heavy atom. The van der Waals surface area contributed by atoms with Gasteiger partial charge in [-0.25, -0.2) is 0 Å². The zero-order valence-electron chi connectivity index (χ0n) is 16.0. The molecular weight excluding hydrogens is 384 g/mol. The molecule has 0 aromatic rings. The van der Waals surface area contributed by atoms with Crippen molar-refractivity contribution in [3.63, 3.8) is 0 Å². The largest absolute Gasteiger partial charge is 0.381 e. The van der Waals surface area contributed by atoms with Gasteiger partial charge in [-0.1, -0.05) is 0 Å². The summed E-state index contributed by atoms with van der Waals surface area (Å²) in [6, 6.07) is -0.920. The van der Waals surface area contributed by atoms with E-state index in [1.807, 2.05) is 0 Å². The fourth-order valence-electron chi connectivity index (χ4n) is 4.36. The lowest BCUT2D eigenvalue weighted by atomic mass is 9.88. The highest BCUT2D eigenvalue weighted by Gasteiger charge is 2.47. The number of nitrogens with one attached hydrogen (secondary N) is 4. The van der Waals surface area contributed by atoms with Crippen molar-refractivity contribution in [2.45, 2.75) is 75.6 Å². The van der Waals surface area contributed by atoms with Crippen LogP contribution < -0.4 is 21.3 Å². The lowest BCUT2D eigenvalue weighted by molar-refractivity contribution is -0.134. The van der Waals surface area contributed by atoms with E-state index < -0.39 is 18.1 Å². The van der Waals surface area contributed by atoms with Crippen LogP contribution in [-0.2, 0) is 14.4 Å². The Morgan fingerprint density at radius 1 is 1.18 bits per heavy atom. The smallest absolute Gasteiger partial charge is 0.251 e. The zero-order valence-corrected chi connectivity index (χ0v) is 16.9. The standard InChI is InChI=1S/C19H30N4O4.ClH/c24-15(18(27)22-12-1-2-12)13(9-11-3-7-21-16(11)25)23-17(26)14-10-19(4-5-19)6-8-20-14;/h11-15,20,24H,1-10H2,(H,21,25)(H,22,27)(H,23,26);1H/t11-,13-,14?,15?;/m0./s1. The van der Waals surface area contributed by atoms with Crippen LogP contribution in [-0.4, -0.2) is 60.1 Å². The van der Waals surface area contributed by atoms with Crippen LogP contribution in [0.1, 0.15) is 51.4 Å². The maximum atomic E-state index is 12.8. The summed E-state index contributed by atoms with van der Waals surface area (Å²) in [4.78, 5) is 37.1. The van der Waals surface area contributed by atoms with Crippen LogP contribution in [0.2, 0.25) is 0 Å². The molecule has 4 atom stereocenters. The number of aliphatic hydroxyl groups excluding tert-OH is 1. The molecule has 4 aliphatic rings. The summed E-state index contributed by atoms with van der Waals surface area (Å²) in [6.45, 7) is 1.42. The minimum Gasteiger partial charge on any atom is -0.381 e. The van der Waals surface area contributed by atoms with E-state index in [9.17, 15) is 19.5 Å². The van der Waals surface area contributed by atoms with E-state index in [0.29, 0.717) is 18.4 Å². The number of rotatable bonds is 7. The van der Waals surface area contributed by atoms with Crippen molar-refractivity contribution in [2.24, 2.45) is 11.3 Å². The molecule has 8 nitrogen and oxygen atoms in total. The molecule has 0 radical (unpaired) electrons. The van der Waals surface area contributed by atoms with Gasteiger partial charge in [-0.3, -0.25) is 14.4 Å². The molecule has 3 amide bonds. The molecule has 5 N–H and O–H groups in total. The van der Waals surface area contributed by atoms with Crippen LogP contribution in [0, 0.1) is 11.3 Å². The SMILES string of the molecule is Cl.O=C(N[C@@H](C[C@@H]1CCNC1=O)C(O)C(=O)NC1CC1)C1CC2(CCN1)CC2. The zero-order chi connectivity index (χ0) is 19.0. The van der Waals surface area contributed by atoms with Gasteiger partial charge < -0.3 is 26.4 Å². The maximum Gasteiger partial charge on any atom is 0.251 e. The second kappa shape index (κ2) is 8.55. The number of piperidine rings is 1. The first-order valence-corrected chi connectivity index (χ1v) is 10.3. The van der Waals surface area contributed by atoms with Crippen LogP contribution in [0.25, 0.3) is 0 Å². The van der Waals surface area contributed by atoms with E-state index in [4.69, 9.17) is 0 Å². The first-order valence-electron chi connectivity index (χ1n) is 10.3. The van der Waals surface area contributed by atoms with Gasteiger partial charge in [-0.05, 0) is 63.3 Å². The Bertz CT molecular complexity index is 623. The van der Waals surface area contributed by atoms with Gasteiger partial charge in [0, 0.05) is 18.5 Å². The van der Waals surface area contributed by atoms with Gasteiger partial charge in [0.2, 0.25) is 11.8 Å². The average molecular weight is 415 g/mol. The topological polar surface area (TPSA) is 120 Å². The summed E-state index contributed by atoms with van der Waals surface area (Å²) in [7, 11) is 0. The van der Waals surface area contributed by atoms with E-state index in [0.717, 1.165) is 32.2 Å². The van der Waals surface area contributed by atoms with E-state index in [2.05, 4.69) is 21.3 Å². The predicted molar refractivity (Wildman–Crippen MR) is 105 cm³/mol. The monoisotopic (exact) mass is 414 g/mol. The first-order chi connectivity index (χ1) is 13.0. The predicted octanol–water partition coefficient (Wildman–Crippen LogP) is -0.409. The quantitative estimate of drug-likeness (QED) is 0.388. The highest BCUT2D eigenvalue weighted by Crippen LogP contribution is 2.53. The van der Waals surface area contributed by atoms with Gasteiger partial charge in [0.05, 0.1) is 12.1 Å². The molecule has 158 valence electrons. The summed E-state index contributed by atoms with van der Waals surface area (Å²) in [5.74, 6) is -0.997. The molecule has 4 rings (SSSR count). The molecule has 0 bridgehead atoms. The Morgan fingerprint density at radius 2 is 1.93 bits per heavy atom. The van der Waals surface area contributed by atoms with Crippen LogP contribution in [0.4, 0.5) is 0 Å². The number of amides is 3. The molecule has 9 heteroatoms. The van der Waals surface area contributed by atoms with Crippen molar-refractivity contribution in [1.29, 1.82) is 0 Å². The van der Waals surface area contributed by atoms with Crippen molar-refractivity contribution >= 4 is 30.1 Å². The molecule has 2 aliphatic heterocycles. The molecule has 2 aliphatic carbocycles. The van der Waals surface area contributed by atoms with Crippen LogP contribution >= 0.6 is 12.4 Å². The number of hydrogen-bond acceptors (Lipinski definition) is 5. The molecule has 2 unspecified atom stereocenters. The van der Waals surface area contributed by atoms with Gasteiger partial charge in [0.15, 0.2) is 6.10 Å². The molecule has 0 aromatic heterocycles. The Balaban J connectivity index is 0.00000225. The van der Waals surface area contributed by atoms with Crippen molar-refractivity contribution in [1.82, 2.24) is 21.3 Å². The Labute approximate surface area is 171 Å². The van der Waals surface area contributed by atoms with E-state index >= 15 is 0 Å². The maximum absolute atomic E-state index is 12.8. The summed E-state index contributed by atoms with van der Waals surface area (Å²) in [5.41, 5.74) is 0.316. The molecule has 2 heterocycles. The average Bonchev–Trinajstić information content (AvgIpc) is 3.57. The Hall–Kier alpha value is -1.38. The van der Waals surface area contributed by atoms with Crippen LogP contribution in [0.3, 0.4) is 0 Å². The van der Waals surface area contributed by atoms with Crippen LogP contribution in [0.15, 0.2) is 0 Å². The molecule has 0 aromatic carbocycles. The van der Waals surface area contributed by atoms with Gasteiger partial charge in [0.25, 0.3) is 5.91 Å². The molecule has 28 heavy (non-hydrogen) atoms. The summed E-state index contributed by atoms with van der Waals surface area (Å²) in [6.07, 6.45) is 5.70. The van der Waals surface area contributed by atoms with Crippen molar-refractivity contribution < 1.29 is 19.5 Å². The third-order valence-electron chi connectivity index (χ3n) is 6.56. The molecule has 4 fully saturated rings. The number of carbonyl (C=O) groups excluding carboxylic acids is 3.